The molecule has 1 saturated heterocycles. The first-order valence-corrected chi connectivity index (χ1v) is 8.91. The van der Waals surface area contributed by atoms with E-state index < -0.39 is 6.04 Å². The normalized spacial score (nSPS) is 19.5. The topological polar surface area (TPSA) is 66.9 Å². The molecule has 6 nitrogen and oxygen atoms in total. The second-order valence-electron chi connectivity index (χ2n) is 6.53. The van der Waals surface area contributed by atoms with Crippen molar-refractivity contribution in [1.82, 2.24) is 4.90 Å². The molecule has 1 atom stereocenters. The summed E-state index contributed by atoms with van der Waals surface area (Å²) in [5.41, 5.74) is 2.45. The Balaban J connectivity index is 1.82. The van der Waals surface area contributed by atoms with Crippen LogP contribution in [-0.4, -0.2) is 48.4 Å². The number of nitrogens with zero attached hydrogens (tertiary/aromatic N) is 2. The number of rotatable bonds is 3. The molecule has 25 heavy (non-hydrogen) atoms. The summed E-state index contributed by atoms with van der Waals surface area (Å²) in [6.45, 7) is 4.85. The molecule has 1 aromatic rings. The number of esters is 1. The van der Waals surface area contributed by atoms with Gasteiger partial charge < -0.3 is 14.5 Å². The molecule has 2 amide bonds. The summed E-state index contributed by atoms with van der Waals surface area (Å²) in [4.78, 5) is 40.2. The highest BCUT2D eigenvalue weighted by Crippen LogP contribution is 2.30. The highest BCUT2D eigenvalue weighted by atomic mass is 16.5. The first-order valence-electron chi connectivity index (χ1n) is 8.91. The number of carbonyl (C=O) groups is 3. The molecule has 0 aliphatic carbocycles. The van der Waals surface area contributed by atoms with Crippen molar-refractivity contribution in [2.75, 3.05) is 24.6 Å². The SMILES string of the molecule is CCOC(=O)C1CCCCN1C(=O)c1ccc2c(c1)CCN2C(C)=O. The molecule has 1 aromatic carbocycles. The van der Waals surface area contributed by atoms with Gasteiger partial charge in [-0.05, 0) is 56.4 Å². The van der Waals surface area contributed by atoms with Gasteiger partial charge in [0.1, 0.15) is 6.04 Å². The zero-order valence-electron chi connectivity index (χ0n) is 14.8. The number of benzene rings is 1. The molecule has 0 radical (unpaired) electrons. The van der Waals surface area contributed by atoms with Gasteiger partial charge in [-0.3, -0.25) is 9.59 Å². The fourth-order valence-corrected chi connectivity index (χ4v) is 3.69. The molecule has 3 rings (SSSR count). The molecule has 2 aliphatic heterocycles. The molecule has 0 N–H and O–H groups in total. The van der Waals surface area contributed by atoms with Gasteiger partial charge in [0.05, 0.1) is 6.61 Å². The Hall–Kier alpha value is -2.37. The molecule has 2 heterocycles. The van der Waals surface area contributed by atoms with Crippen LogP contribution in [0.2, 0.25) is 0 Å². The van der Waals surface area contributed by atoms with Gasteiger partial charge in [-0.1, -0.05) is 0 Å². The van der Waals surface area contributed by atoms with Gasteiger partial charge in [0, 0.05) is 31.3 Å². The van der Waals surface area contributed by atoms with Crippen molar-refractivity contribution in [3.63, 3.8) is 0 Å². The number of hydrogen-bond donors (Lipinski definition) is 0. The Morgan fingerprint density at radius 1 is 1.20 bits per heavy atom. The van der Waals surface area contributed by atoms with E-state index in [1.165, 1.54) is 0 Å². The number of ether oxygens (including phenoxy) is 1. The lowest BCUT2D eigenvalue weighted by Gasteiger charge is -2.34. The Morgan fingerprint density at radius 3 is 2.72 bits per heavy atom. The van der Waals surface area contributed by atoms with Crippen LogP contribution in [0.1, 0.15) is 49.0 Å². The molecule has 0 aromatic heterocycles. The van der Waals surface area contributed by atoms with Crippen molar-refractivity contribution in [1.29, 1.82) is 0 Å². The lowest BCUT2D eigenvalue weighted by molar-refractivity contribution is -0.149. The predicted molar refractivity (Wildman–Crippen MR) is 93.5 cm³/mol. The number of piperidine rings is 1. The van der Waals surface area contributed by atoms with Crippen LogP contribution in [0.15, 0.2) is 18.2 Å². The first kappa shape index (κ1) is 17.5. The third kappa shape index (κ3) is 3.38. The maximum Gasteiger partial charge on any atom is 0.328 e. The van der Waals surface area contributed by atoms with Gasteiger partial charge in [0.2, 0.25) is 5.91 Å². The molecule has 6 heteroatoms. The van der Waals surface area contributed by atoms with Gasteiger partial charge in [-0.2, -0.15) is 0 Å². The van der Waals surface area contributed by atoms with Crippen molar-refractivity contribution in [2.45, 2.75) is 45.6 Å². The molecule has 0 saturated carbocycles. The average molecular weight is 344 g/mol. The molecule has 134 valence electrons. The number of likely N-dealkylation sites (tertiary alicyclic amines) is 1. The number of carbonyl (C=O) groups excluding carboxylic acids is 3. The lowest BCUT2D eigenvalue weighted by Crippen LogP contribution is -2.48. The van der Waals surface area contributed by atoms with Gasteiger partial charge in [0.25, 0.3) is 5.91 Å². The van der Waals surface area contributed by atoms with E-state index >= 15 is 0 Å². The van der Waals surface area contributed by atoms with Gasteiger partial charge >= 0.3 is 5.97 Å². The van der Waals surface area contributed by atoms with Crippen LogP contribution in [0.3, 0.4) is 0 Å². The quantitative estimate of drug-likeness (QED) is 0.788. The van der Waals surface area contributed by atoms with Crippen LogP contribution < -0.4 is 4.90 Å². The summed E-state index contributed by atoms with van der Waals surface area (Å²) in [6, 6.07) is 4.94. The average Bonchev–Trinajstić information content (AvgIpc) is 3.04. The van der Waals surface area contributed by atoms with Crippen LogP contribution in [0.5, 0.6) is 0 Å². The van der Waals surface area contributed by atoms with Crippen molar-refractivity contribution in [3.8, 4) is 0 Å². The van der Waals surface area contributed by atoms with Crippen LogP contribution in [0, 0.1) is 0 Å². The Kier molecular flexibility index (Phi) is 5.06. The number of hydrogen-bond acceptors (Lipinski definition) is 4. The summed E-state index contributed by atoms with van der Waals surface area (Å²) in [7, 11) is 0. The van der Waals surface area contributed by atoms with Gasteiger partial charge in [-0.15, -0.1) is 0 Å². The van der Waals surface area contributed by atoms with E-state index in [0.717, 1.165) is 30.5 Å². The van der Waals surface area contributed by atoms with E-state index in [-0.39, 0.29) is 17.8 Å². The van der Waals surface area contributed by atoms with E-state index in [4.69, 9.17) is 4.74 Å². The minimum absolute atomic E-state index is 0.0104. The molecular weight excluding hydrogens is 320 g/mol. The molecule has 0 spiro atoms. The highest BCUT2D eigenvalue weighted by Gasteiger charge is 2.34. The smallest absolute Gasteiger partial charge is 0.328 e. The molecule has 2 aliphatic rings. The zero-order valence-corrected chi connectivity index (χ0v) is 14.8. The van der Waals surface area contributed by atoms with Crippen molar-refractivity contribution >= 4 is 23.5 Å². The number of amides is 2. The second-order valence-corrected chi connectivity index (χ2v) is 6.53. The standard InChI is InChI=1S/C19H24N2O4/c1-3-25-19(24)17-6-4-5-10-21(17)18(23)15-7-8-16-14(12-15)9-11-20(16)13(2)22/h7-8,12,17H,3-6,9-11H2,1-2H3. The predicted octanol–water partition coefficient (Wildman–Crippen LogP) is 2.15. The fraction of sp³-hybridized carbons (Fsp3) is 0.526. The van der Waals surface area contributed by atoms with Crippen LogP contribution in [0.4, 0.5) is 5.69 Å². The van der Waals surface area contributed by atoms with Crippen LogP contribution in [0.25, 0.3) is 0 Å². The van der Waals surface area contributed by atoms with E-state index in [9.17, 15) is 14.4 Å². The van der Waals surface area contributed by atoms with Crippen molar-refractivity contribution in [3.05, 3.63) is 29.3 Å². The minimum atomic E-state index is -0.497. The molecule has 1 unspecified atom stereocenters. The van der Waals surface area contributed by atoms with Crippen LogP contribution in [-0.2, 0) is 20.7 Å². The first-order chi connectivity index (χ1) is 12.0. The Morgan fingerprint density at radius 2 is 2.00 bits per heavy atom. The maximum atomic E-state index is 13.0. The summed E-state index contributed by atoms with van der Waals surface area (Å²) < 4.78 is 5.14. The third-order valence-corrected chi connectivity index (χ3v) is 4.92. The summed E-state index contributed by atoms with van der Waals surface area (Å²) in [5.74, 6) is -0.447. The fourth-order valence-electron chi connectivity index (χ4n) is 3.69. The molecular formula is C19H24N2O4. The Bertz CT molecular complexity index is 701. The number of fused-ring (bicyclic) bond motifs is 1. The zero-order chi connectivity index (χ0) is 18.0. The maximum absolute atomic E-state index is 13.0. The molecule has 1 fully saturated rings. The minimum Gasteiger partial charge on any atom is -0.464 e. The highest BCUT2D eigenvalue weighted by molar-refractivity contribution is 5.99. The van der Waals surface area contributed by atoms with Gasteiger partial charge in [-0.25, -0.2) is 4.79 Å². The van der Waals surface area contributed by atoms with Crippen molar-refractivity contribution < 1.29 is 19.1 Å². The van der Waals surface area contributed by atoms with E-state index in [1.54, 1.807) is 29.7 Å². The number of anilines is 1. The monoisotopic (exact) mass is 344 g/mol. The lowest BCUT2D eigenvalue weighted by atomic mass is 10.00. The largest absolute Gasteiger partial charge is 0.464 e. The third-order valence-electron chi connectivity index (χ3n) is 4.92. The Labute approximate surface area is 147 Å². The van der Waals surface area contributed by atoms with E-state index in [2.05, 4.69) is 0 Å². The summed E-state index contributed by atoms with van der Waals surface area (Å²) in [5, 5.41) is 0. The van der Waals surface area contributed by atoms with E-state index in [1.807, 2.05) is 12.1 Å². The van der Waals surface area contributed by atoms with E-state index in [0.29, 0.717) is 31.7 Å². The molecule has 0 bridgehead atoms. The summed E-state index contributed by atoms with van der Waals surface area (Å²) >= 11 is 0. The van der Waals surface area contributed by atoms with Crippen molar-refractivity contribution in [2.24, 2.45) is 0 Å². The van der Waals surface area contributed by atoms with Crippen LogP contribution >= 0.6 is 0 Å². The van der Waals surface area contributed by atoms with Gasteiger partial charge in [0.15, 0.2) is 0 Å². The summed E-state index contributed by atoms with van der Waals surface area (Å²) in [6.07, 6.45) is 3.21. The second kappa shape index (κ2) is 7.25.